The van der Waals surface area contributed by atoms with Crippen molar-refractivity contribution < 1.29 is 4.79 Å². The normalized spacial score (nSPS) is 9.94. The minimum absolute atomic E-state index is 0. The Morgan fingerprint density at radius 1 is 0.765 bits per heavy atom. The minimum atomic E-state index is -0.157. The van der Waals surface area contributed by atoms with Gasteiger partial charge in [0.05, 0.1) is 0 Å². The number of primary amides is 1. The molecule has 0 aliphatic rings. The van der Waals surface area contributed by atoms with Crippen LogP contribution in [0.1, 0.15) is 84.0 Å². The number of hydrogen-bond donors (Lipinski definition) is 1. The molecule has 0 atom stereocenters. The van der Waals surface area contributed by atoms with E-state index in [-0.39, 0.29) is 35.5 Å². The third-order valence-electron chi connectivity index (χ3n) is 3.03. The number of rotatable bonds is 12. The molecule has 1 amide bonds. The molecule has 0 saturated heterocycles. The van der Waals surface area contributed by atoms with Crippen molar-refractivity contribution in [3.8, 4) is 0 Å². The van der Waals surface area contributed by atoms with Crippen molar-refractivity contribution >= 4 is 35.5 Å². The summed E-state index contributed by atoms with van der Waals surface area (Å²) in [4.78, 5) is 10.5. The van der Waals surface area contributed by atoms with Crippen LogP contribution in [0.25, 0.3) is 0 Å². The van der Waals surface area contributed by atoms with Crippen molar-refractivity contribution in [2.24, 2.45) is 5.73 Å². The molecule has 0 rings (SSSR count). The number of nitrogens with two attached hydrogens (primary N) is 1. The molecule has 0 aliphatic heterocycles. The standard InChI is InChI=1S/C14H29NO.Na.H/c1-2-3-4-5-6-7-8-9-10-11-12-13-14(15)16;;/h2-13H2,1H3,(H2,15,16);;. The van der Waals surface area contributed by atoms with Crippen LogP contribution in [0.2, 0.25) is 0 Å². The summed E-state index contributed by atoms with van der Waals surface area (Å²) in [5.41, 5.74) is 5.07. The van der Waals surface area contributed by atoms with E-state index in [4.69, 9.17) is 5.73 Å². The van der Waals surface area contributed by atoms with Gasteiger partial charge in [0.1, 0.15) is 0 Å². The fourth-order valence-electron chi connectivity index (χ4n) is 1.96. The van der Waals surface area contributed by atoms with E-state index < -0.39 is 0 Å². The predicted octanol–water partition coefficient (Wildman–Crippen LogP) is 3.52. The van der Waals surface area contributed by atoms with Crippen molar-refractivity contribution in [3.05, 3.63) is 0 Å². The molecule has 0 unspecified atom stereocenters. The van der Waals surface area contributed by atoms with Gasteiger partial charge < -0.3 is 5.73 Å². The zero-order valence-corrected chi connectivity index (χ0v) is 11.0. The van der Waals surface area contributed by atoms with Crippen molar-refractivity contribution in [1.82, 2.24) is 0 Å². The van der Waals surface area contributed by atoms with Crippen LogP contribution >= 0.6 is 0 Å². The summed E-state index contributed by atoms with van der Waals surface area (Å²) in [6.07, 6.45) is 15.0. The van der Waals surface area contributed by atoms with Gasteiger partial charge in [0, 0.05) is 6.42 Å². The fraction of sp³-hybridized carbons (Fsp3) is 0.929. The third-order valence-corrected chi connectivity index (χ3v) is 3.03. The molecule has 0 saturated carbocycles. The van der Waals surface area contributed by atoms with Gasteiger partial charge in [-0.2, -0.15) is 0 Å². The Bertz CT molecular complexity index is 162. The van der Waals surface area contributed by atoms with Crippen molar-refractivity contribution in [1.29, 1.82) is 0 Å². The number of hydrogen-bond acceptors (Lipinski definition) is 1. The molecule has 2 nitrogen and oxygen atoms in total. The van der Waals surface area contributed by atoms with E-state index in [1.807, 2.05) is 0 Å². The van der Waals surface area contributed by atoms with Gasteiger partial charge in [-0.25, -0.2) is 0 Å². The van der Waals surface area contributed by atoms with Crippen molar-refractivity contribution in [3.63, 3.8) is 0 Å². The van der Waals surface area contributed by atoms with Gasteiger partial charge in [-0.1, -0.05) is 71.1 Å². The molecule has 3 heteroatoms. The van der Waals surface area contributed by atoms with Crippen LogP contribution < -0.4 is 5.73 Å². The van der Waals surface area contributed by atoms with Gasteiger partial charge in [-0.15, -0.1) is 0 Å². The van der Waals surface area contributed by atoms with Crippen LogP contribution in [0.3, 0.4) is 0 Å². The Morgan fingerprint density at radius 3 is 1.47 bits per heavy atom. The Labute approximate surface area is 129 Å². The van der Waals surface area contributed by atoms with Crippen molar-refractivity contribution in [2.45, 2.75) is 84.0 Å². The van der Waals surface area contributed by atoms with E-state index in [1.165, 1.54) is 64.2 Å². The Balaban J connectivity index is 0. The summed E-state index contributed by atoms with van der Waals surface area (Å²) in [6.45, 7) is 2.26. The Kier molecular flexibility index (Phi) is 19.2. The molecular formula is C14H30NNaO. The first-order chi connectivity index (χ1) is 7.77. The van der Waals surface area contributed by atoms with E-state index in [0.29, 0.717) is 6.42 Å². The Hall–Kier alpha value is 0.470. The molecule has 2 N–H and O–H groups in total. The molecule has 17 heavy (non-hydrogen) atoms. The average Bonchev–Trinajstić information content (AvgIpc) is 2.25. The first-order valence-corrected chi connectivity index (χ1v) is 7.05. The molecule has 0 aromatic carbocycles. The van der Waals surface area contributed by atoms with Gasteiger partial charge in [0.25, 0.3) is 0 Å². The third kappa shape index (κ3) is 19.0. The van der Waals surface area contributed by atoms with E-state index in [1.54, 1.807) is 0 Å². The number of amides is 1. The van der Waals surface area contributed by atoms with Crippen LogP contribution in [0, 0.1) is 0 Å². The first-order valence-electron chi connectivity index (χ1n) is 7.05. The van der Waals surface area contributed by atoms with Crippen molar-refractivity contribution in [2.75, 3.05) is 0 Å². The Morgan fingerprint density at radius 2 is 1.12 bits per heavy atom. The van der Waals surface area contributed by atoms with Crippen LogP contribution in [0.5, 0.6) is 0 Å². The molecule has 0 aliphatic carbocycles. The van der Waals surface area contributed by atoms with Gasteiger partial charge in [-0.3, -0.25) is 4.79 Å². The van der Waals surface area contributed by atoms with E-state index in [9.17, 15) is 4.79 Å². The maximum atomic E-state index is 10.5. The maximum absolute atomic E-state index is 10.5. The molecule has 0 spiro atoms. The van der Waals surface area contributed by atoms with Crippen LogP contribution in [0.4, 0.5) is 0 Å². The van der Waals surface area contributed by atoms with E-state index in [0.717, 1.165) is 6.42 Å². The zero-order valence-electron chi connectivity index (χ0n) is 11.0. The van der Waals surface area contributed by atoms with Crippen LogP contribution in [-0.4, -0.2) is 35.5 Å². The summed E-state index contributed by atoms with van der Waals surface area (Å²) in [6, 6.07) is 0. The molecule has 0 aromatic rings. The first kappa shape index (κ1) is 19.8. The second-order valence-electron chi connectivity index (χ2n) is 4.75. The molecule has 98 valence electrons. The summed E-state index contributed by atoms with van der Waals surface area (Å²) >= 11 is 0. The topological polar surface area (TPSA) is 43.1 Å². The van der Waals surface area contributed by atoms with Crippen LogP contribution in [0.15, 0.2) is 0 Å². The SMILES string of the molecule is CCCCCCCCCCCCCC(N)=O.[NaH]. The number of carbonyl (C=O) groups excluding carboxylic acids is 1. The summed E-state index contributed by atoms with van der Waals surface area (Å²) in [7, 11) is 0. The molecular weight excluding hydrogens is 221 g/mol. The average molecular weight is 251 g/mol. The second kappa shape index (κ2) is 16.5. The molecule has 0 fully saturated rings. The summed E-state index contributed by atoms with van der Waals surface area (Å²) in [5.74, 6) is -0.157. The van der Waals surface area contributed by atoms with E-state index in [2.05, 4.69) is 6.92 Å². The fourth-order valence-corrected chi connectivity index (χ4v) is 1.96. The van der Waals surface area contributed by atoms with Gasteiger partial charge in [0.2, 0.25) is 5.91 Å². The van der Waals surface area contributed by atoms with Gasteiger partial charge in [0.15, 0.2) is 0 Å². The van der Waals surface area contributed by atoms with Crippen LogP contribution in [-0.2, 0) is 4.79 Å². The number of carbonyl (C=O) groups is 1. The van der Waals surface area contributed by atoms with E-state index >= 15 is 0 Å². The van der Waals surface area contributed by atoms with Gasteiger partial charge in [-0.05, 0) is 6.42 Å². The predicted molar refractivity (Wildman–Crippen MR) is 77.4 cm³/mol. The number of unbranched alkanes of at least 4 members (excludes halogenated alkanes) is 10. The second-order valence-corrected chi connectivity index (χ2v) is 4.75. The molecule has 0 heterocycles. The molecule has 0 radical (unpaired) electrons. The summed E-state index contributed by atoms with van der Waals surface area (Å²) in [5, 5.41) is 0. The molecule has 0 bridgehead atoms. The van der Waals surface area contributed by atoms with Gasteiger partial charge >= 0.3 is 29.6 Å². The zero-order chi connectivity index (χ0) is 12.1. The summed E-state index contributed by atoms with van der Waals surface area (Å²) < 4.78 is 0. The quantitative estimate of drug-likeness (QED) is 0.418. The monoisotopic (exact) mass is 251 g/mol. The molecule has 0 aromatic heterocycles.